The minimum absolute atomic E-state index is 0.0983. The number of hydrogen-bond donors (Lipinski definition) is 3. The molecular weight excluding hydrogens is 278 g/mol. The Hall–Kier alpha value is -1.60. The molecule has 0 aromatic heterocycles. The number of nitrogens with two attached hydrogens (primary N) is 1. The Morgan fingerprint density at radius 3 is 2.20 bits per heavy atom. The van der Waals surface area contributed by atoms with Crippen LogP contribution < -0.4 is 15.8 Å². The second-order valence-electron chi connectivity index (χ2n) is 4.85. The molecule has 0 radical (unpaired) electrons. The van der Waals surface area contributed by atoms with Gasteiger partial charge in [-0.15, -0.1) is 0 Å². The Morgan fingerprint density at radius 2 is 1.75 bits per heavy atom. The van der Waals surface area contributed by atoms with E-state index in [2.05, 4.69) is 10.0 Å². The molecule has 0 bridgehead atoms. The smallest absolute Gasteiger partial charge is 0.241 e. The van der Waals surface area contributed by atoms with E-state index in [1.807, 2.05) is 13.8 Å². The van der Waals surface area contributed by atoms with E-state index in [-0.39, 0.29) is 11.8 Å². The maximum atomic E-state index is 11.9. The minimum Gasteiger partial charge on any atom is -0.325 e. The van der Waals surface area contributed by atoms with E-state index in [1.165, 1.54) is 0 Å². The van der Waals surface area contributed by atoms with Gasteiger partial charge in [-0.25, -0.2) is 8.42 Å². The number of carbonyl (C=O) groups is 1. The molecule has 0 spiro atoms. The van der Waals surface area contributed by atoms with Gasteiger partial charge in [0.05, 0.1) is 12.3 Å². The lowest BCUT2D eigenvalue weighted by atomic mass is 9.99. The van der Waals surface area contributed by atoms with Crippen molar-refractivity contribution in [3.05, 3.63) is 24.3 Å². The summed E-state index contributed by atoms with van der Waals surface area (Å²) in [4.78, 5) is 11.9. The second kappa shape index (κ2) is 6.71. The van der Waals surface area contributed by atoms with Gasteiger partial charge in [0.2, 0.25) is 15.9 Å². The van der Waals surface area contributed by atoms with Crippen LogP contribution >= 0.6 is 0 Å². The molecule has 0 aliphatic carbocycles. The number of amides is 1. The first-order valence-corrected chi connectivity index (χ1v) is 8.26. The first-order chi connectivity index (χ1) is 9.23. The van der Waals surface area contributed by atoms with Crippen molar-refractivity contribution in [2.75, 3.05) is 16.3 Å². The highest BCUT2D eigenvalue weighted by atomic mass is 32.2. The number of hydrogen-bond acceptors (Lipinski definition) is 4. The zero-order chi connectivity index (χ0) is 15.3. The van der Waals surface area contributed by atoms with E-state index in [0.717, 1.165) is 12.7 Å². The third kappa shape index (κ3) is 5.18. The predicted octanol–water partition coefficient (Wildman–Crippen LogP) is 1.37. The zero-order valence-electron chi connectivity index (χ0n) is 11.9. The summed E-state index contributed by atoms with van der Waals surface area (Å²) in [5, 5.41) is 2.71. The third-order valence-corrected chi connectivity index (χ3v) is 3.62. The summed E-state index contributed by atoms with van der Waals surface area (Å²) in [6, 6.07) is 5.83. The van der Waals surface area contributed by atoms with Crippen LogP contribution in [0.4, 0.5) is 11.4 Å². The van der Waals surface area contributed by atoms with Gasteiger partial charge >= 0.3 is 0 Å². The van der Waals surface area contributed by atoms with Crippen molar-refractivity contribution in [1.29, 1.82) is 0 Å². The van der Waals surface area contributed by atoms with Crippen LogP contribution in [0, 0.1) is 5.92 Å². The van der Waals surface area contributed by atoms with Crippen LogP contribution in [0.15, 0.2) is 24.3 Å². The Kier molecular flexibility index (Phi) is 5.52. The fourth-order valence-corrected chi connectivity index (χ4v) is 2.14. The molecule has 0 saturated carbocycles. The normalized spacial score (nSPS) is 14.4. The lowest BCUT2D eigenvalue weighted by Gasteiger charge is -2.17. The second-order valence-corrected chi connectivity index (χ2v) is 6.60. The van der Waals surface area contributed by atoms with Crippen LogP contribution in [0.25, 0.3) is 0 Å². The number of carbonyl (C=O) groups excluding carboxylic acids is 1. The van der Waals surface area contributed by atoms with Gasteiger partial charge in [-0.3, -0.25) is 9.52 Å². The largest absolute Gasteiger partial charge is 0.325 e. The van der Waals surface area contributed by atoms with Gasteiger partial charge in [0.25, 0.3) is 0 Å². The van der Waals surface area contributed by atoms with Gasteiger partial charge in [-0.1, -0.05) is 20.3 Å². The molecule has 0 saturated heterocycles. The van der Waals surface area contributed by atoms with Crippen molar-refractivity contribution >= 4 is 27.3 Å². The SMILES string of the molecule is CC[C@H](C)[C@H](N)C(=O)Nc1ccc(NS(C)(=O)=O)cc1. The molecule has 0 aliphatic heterocycles. The average molecular weight is 299 g/mol. The molecule has 1 aromatic carbocycles. The molecule has 0 heterocycles. The fraction of sp³-hybridized carbons (Fsp3) is 0.462. The lowest BCUT2D eigenvalue weighted by Crippen LogP contribution is -2.40. The summed E-state index contributed by atoms with van der Waals surface area (Å²) in [7, 11) is -3.30. The van der Waals surface area contributed by atoms with Crippen LogP contribution in [-0.2, 0) is 14.8 Å². The highest BCUT2D eigenvalue weighted by molar-refractivity contribution is 7.92. The van der Waals surface area contributed by atoms with Crippen molar-refractivity contribution in [2.24, 2.45) is 11.7 Å². The van der Waals surface area contributed by atoms with E-state index in [1.54, 1.807) is 24.3 Å². The van der Waals surface area contributed by atoms with E-state index in [0.29, 0.717) is 11.4 Å². The van der Waals surface area contributed by atoms with Gasteiger partial charge in [0, 0.05) is 11.4 Å². The summed E-state index contributed by atoms with van der Waals surface area (Å²) in [6.07, 6.45) is 1.90. The summed E-state index contributed by atoms with van der Waals surface area (Å²) >= 11 is 0. The molecule has 112 valence electrons. The average Bonchev–Trinajstić information content (AvgIpc) is 2.37. The number of sulfonamides is 1. The topological polar surface area (TPSA) is 101 Å². The highest BCUT2D eigenvalue weighted by Crippen LogP contribution is 2.15. The van der Waals surface area contributed by atoms with Crippen LogP contribution in [0.1, 0.15) is 20.3 Å². The maximum Gasteiger partial charge on any atom is 0.241 e. The summed E-state index contributed by atoms with van der Waals surface area (Å²) in [6.45, 7) is 3.90. The van der Waals surface area contributed by atoms with Gasteiger partial charge in [-0.2, -0.15) is 0 Å². The molecule has 7 heteroatoms. The van der Waals surface area contributed by atoms with Crippen LogP contribution in [-0.4, -0.2) is 26.6 Å². The highest BCUT2D eigenvalue weighted by Gasteiger charge is 2.19. The fourth-order valence-electron chi connectivity index (χ4n) is 1.57. The van der Waals surface area contributed by atoms with Gasteiger partial charge < -0.3 is 11.1 Å². The van der Waals surface area contributed by atoms with Crippen molar-refractivity contribution < 1.29 is 13.2 Å². The predicted molar refractivity (Wildman–Crippen MR) is 81.0 cm³/mol. The van der Waals surface area contributed by atoms with Gasteiger partial charge in [0.1, 0.15) is 0 Å². The van der Waals surface area contributed by atoms with Crippen LogP contribution in [0.5, 0.6) is 0 Å². The van der Waals surface area contributed by atoms with E-state index < -0.39 is 16.1 Å². The van der Waals surface area contributed by atoms with Crippen molar-refractivity contribution in [2.45, 2.75) is 26.3 Å². The standard InChI is InChI=1S/C13H21N3O3S/c1-4-9(2)12(14)13(17)15-10-5-7-11(8-6-10)16-20(3,18)19/h5-9,12,16H,4,14H2,1-3H3,(H,15,17)/t9-,12-/m0/s1. The first-order valence-electron chi connectivity index (χ1n) is 6.37. The Morgan fingerprint density at radius 1 is 1.25 bits per heavy atom. The molecule has 1 aromatic rings. The summed E-state index contributed by atoms with van der Waals surface area (Å²) < 4.78 is 24.5. The molecule has 0 fully saturated rings. The Balaban J connectivity index is 2.68. The lowest BCUT2D eigenvalue weighted by molar-refractivity contribution is -0.118. The summed E-state index contributed by atoms with van der Waals surface area (Å²) in [5.74, 6) is -0.149. The van der Waals surface area contributed by atoms with Crippen molar-refractivity contribution in [1.82, 2.24) is 0 Å². The third-order valence-electron chi connectivity index (χ3n) is 3.02. The number of nitrogens with one attached hydrogen (secondary N) is 2. The molecule has 6 nitrogen and oxygen atoms in total. The summed E-state index contributed by atoms with van der Waals surface area (Å²) in [5.41, 5.74) is 6.85. The molecule has 0 aliphatic rings. The molecule has 2 atom stereocenters. The molecule has 20 heavy (non-hydrogen) atoms. The number of anilines is 2. The monoisotopic (exact) mass is 299 g/mol. The van der Waals surface area contributed by atoms with Crippen LogP contribution in [0.2, 0.25) is 0 Å². The molecule has 0 unspecified atom stereocenters. The number of benzene rings is 1. The molecule has 1 rings (SSSR count). The van der Waals surface area contributed by atoms with Crippen LogP contribution in [0.3, 0.4) is 0 Å². The Bertz CT molecular complexity index is 555. The van der Waals surface area contributed by atoms with Crippen molar-refractivity contribution in [3.8, 4) is 0 Å². The zero-order valence-corrected chi connectivity index (χ0v) is 12.7. The van der Waals surface area contributed by atoms with E-state index in [4.69, 9.17) is 5.73 Å². The molecule has 1 amide bonds. The van der Waals surface area contributed by atoms with Gasteiger partial charge in [0.15, 0.2) is 0 Å². The maximum absolute atomic E-state index is 11.9. The Labute approximate surface area is 119 Å². The van der Waals surface area contributed by atoms with E-state index >= 15 is 0 Å². The minimum atomic E-state index is -3.30. The molecular formula is C13H21N3O3S. The molecule has 4 N–H and O–H groups in total. The van der Waals surface area contributed by atoms with Gasteiger partial charge in [-0.05, 0) is 30.2 Å². The number of rotatable bonds is 6. The van der Waals surface area contributed by atoms with E-state index in [9.17, 15) is 13.2 Å². The van der Waals surface area contributed by atoms with Crippen molar-refractivity contribution in [3.63, 3.8) is 0 Å². The quantitative estimate of drug-likeness (QED) is 0.738. The first kappa shape index (κ1) is 16.5.